The molecule has 3 fully saturated rings. The average molecular weight is 550 g/mol. The van der Waals surface area contributed by atoms with Gasteiger partial charge < -0.3 is 19.4 Å². The first-order valence-electron chi connectivity index (χ1n) is 15.0. The number of anilines is 1. The minimum atomic E-state index is -0.372. The van der Waals surface area contributed by atoms with Crippen molar-refractivity contribution in [3.63, 3.8) is 0 Å². The van der Waals surface area contributed by atoms with Gasteiger partial charge in [-0.2, -0.15) is 5.10 Å². The first kappa shape index (κ1) is 26.9. The van der Waals surface area contributed by atoms with Crippen molar-refractivity contribution >= 4 is 22.8 Å². The van der Waals surface area contributed by atoms with Crippen LogP contribution in [0.2, 0.25) is 0 Å². The fraction of sp³-hybridized carbons (Fsp3) is 0.600. The van der Waals surface area contributed by atoms with Gasteiger partial charge in [-0.05, 0) is 64.6 Å². The fourth-order valence-corrected chi connectivity index (χ4v) is 6.72. The molecule has 1 aliphatic carbocycles. The minimum absolute atomic E-state index is 0.165. The van der Waals surface area contributed by atoms with Crippen molar-refractivity contribution < 1.29 is 13.9 Å². The van der Waals surface area contributed by atoms with Crippen LogP contribution in [0.1, 0.15) is 57.4 Å². The Kier molecular flexibility index (Phi) is 8.13. The molecule has 2 aliphatic heterocycles. The van der Waals surface area contributed by atoms with Crippen LogP contribution in [-0.2, 0) is 11.3 Å². The molecule has 1 amide bonds. The average Bonchev–Trinajstić information content (AvgIpc) is 3.42. The second-order valence-electron chi connectivity index (χ2n) is 11.3. The maximum atomic E-state index is 14.9. The highest BCUT2D eigenvalue weighted by atomic mass is 19.1. The number of halogens is 1. The lowest BCUT2D eigenvalue weighted by atomic mass is 9.83. The molecule has 9 nitrogen and oxygen atoms in total. The van der Waals surface area contributed by atoms with Crippen molar-refractivity contribution in [3.8, 4) is 5.75 Å². The first-order valence-corrected chi connectivity index (χ1v) is 15.0. The van der Waals surface area contributed by atoms with Gasteiger partial charge in [0.05, 0.1) is 24.7 Å². The monoisotopic (exact) mass is 549 g/mol. The zero-order valence-electron chi connectivity index (χ0n) is 23.5. The molecule has 0 N–H and O–H groups in total. The van der Waals surface area contributed by atoms with Crippen LogP contribution < -0.4 is 9.64 Å². The molecule has 0 bridgehead atoms. The molecular weight excluding hydrogens is 509 g/mol. The number of nitrogens with zero attached hydrogens (tertiary/aromatic N) is 7. The summed E-state index contributed by atoms with van der Waals surface area (Å²) in [7, 11) is 0. The Balaban J connectivity index is 1.07. The van der Waals surface area contributed by atoms with Crippen molar-refractivity contribution in [2.24, 2.45) is 5.92 Å². The number of amides is 1. The van der Waals surface area contributed by atoms with E-state index >= 15 is 0 Å². The van der Waals surface area contributed by atoms with Crippen LogP contribution in [0.25, 0.3) is 11.0 Å². The van der Waals surface area contributed by atoms with Crippen molar-refractivity contribution in [2.75, 3.05) is 50.8 Å². The number of aromatic nitrogens is 4. The number of likely N-dealkylation sites (tertiary alicyclic amines) is 1. The van der Waals surface area contributed by atoms with E-state index in [2.05, 4.69) is 29.8 Å². The van der Waals surface area contributed by atoms with E-state index in [0.717, 1.165) is 50.0 Å². The predicted octanol–water partition coefficient (Wildman–Crippen LogP) is 4.11. The molecule has 214 valence electrons. The van der Waals surface area contributed by atoms with Crippen LogP contribution in [0, 0.1) is 11.7 Å². The van der Waals surface area contributed by atoms with Gasteiger partial charge in [0.1, 0.15) is 12.1 Å². The third kappa shape index (κ3) is 5.50. The van der Waals surface area contributed by atoms with E-state index in [1.54, 1.807) is 35.4 Å². The van der Waals surface area contributed by atoms with Gasteiger partial charge in [-0.25, -0.2) is 19.0 Å². The Bertz CT molecular complexity index is 1310. The molecule has 3 aromatic rings. The number of hydrogen-bond acceptors (Lipinski definition) is 7. The van der Waals surface area contributed by atoms with Crippen LogP contribution in [-0.4, -0.2) is 87.4 Å². The van der Waals surface area contributed by atoms with Gasteiger partial charge in [0.15, 0.2) is 17.2 Å². The van der Waals surface area contributed by atoms with E-state index < -0.39 is 0 Å². The SMILES string of the molecule is CCOc1cccc(Cn2ncc3c(N4CCN(C(=O)[C@H]5CC[C@H](N6CCCCC6)CC5)CC4)ncnc32)c1F. The van der Waals surface area contributed by atoms with Crippen molar-refractivity contribution in [3.05, 3.63) is 42.1 Å². The van der Waals surface area contributed by atoms with Crippen LogP contribution in [0.15, 0.2) is 30.7 Å². The lowest BCUT2D eigenvalue weighted by molar-refractivity contribution is -0.137. The van der Waals surface area contributed by atoms with Gasteiger partial charge in [-0.3, -0.25) is 4.79 Å². The summed E-state index contributed by atoms with van der Waals surface area (Å²) in [6, 6.07) is 5.84. The number of piperazine rings is 1. The molecule has 3 aliphatic rings. The zero-order valence-corrected chi connectivity index (χ0v) is 23.5. The maximum Gasteiger partial charge on any atom is 0.225 e. The van der Waals surface area contributed by atoms with E-state index in [9.17, 15) is 9.18 Å². The highest BCUT2D eigenvalue weighted by Gasteiger charge is 2.33. The van der Waals surface area contributed by atoms with Gasteiger partial charge in [-0.1, -0.05) is 18.6 Å². The van der Waals surface area contributed by atoms with Crippen LogP contribution >= 0.6 is 0 Å². The normalized spacial score (nSPS) is 22.6. The smallest absolute Gasteiger partial charge is 0.225 e. The van der Waals surface area contributed by atoms with Crippen molar-refractivity contribution in [1.29, 1.82) is 0 Å². The minimum Gasteiger partial charge on any atom is -0.491 e. The second-order valence-corrected chi connectivity index (χ2v) is 11.3. The molecule has 2 saturated heterocycles. The molecule has 0 atom stereocenters. The Morgan fingerprint density at radius 1 is 1.00 bits per heavy atom. The second kappa shape index (κ2) is 12.1. The molecule has 40 heavy (non-hydrogen) atoms. The Hall–Kier alpha value is -3.27. The highest BCUT2D eigenvalue weighted by Crippen LogP contribution is 2.31. The van der Waals surface area contributed by atoms with E-state index in [1.807, 2.05) is 6.92 Å². The number of hydrogen-bond donors (Lipinski definition) is 0. The van der Waals surface area contributed by atoms with Gasteiger partial charge in [-0.15, -0.1) is 0 Å². The molecule has 1 saturated carbocycles. The Morgan fingerprint density at radius 2 is 1.77 bits per heavy atom. The van der Waals surface area contributed by atoms with Gasteiger partial charge >= 0.3 is 0 Å². The van der Waals surface area contributed by atoms with Crippen LogP contribution in [0.5, 0.6) is 5.75 Å². The molecule has 0 radical (unpaired) electrons. The number of fused-ring (bicyclic) bond motifs is 1. The largest absolute Gasteiger partial charge is 0.491 e. The Labute approximate surface area is 235 Å². The number of ether oxygens (including phenoxy) is 1. The molecular formula is C30H40FN7O2. The number of piperidine rings is 1. The zero-order chi connectivity index (χ0) is 27.5. The summed E-state index contributed by atoms with van der Waals surface area (Å²) in [6.45, 7) is 7.78. The highest BCUT2D eigenvalue weighted by molar-refractivity contribution is 5.87. The summed E-state index contributed by atoms with van der Waals surface area (Å²) in [5.41, 5.74) is 1.16. The summed E-state index contributed by atoms with van der Waals surface area (Å²) in [6.07, 6.45) is 11.6. The number of carbonyl (C=O) groups excluding carboxylic acids is 1. The predicted molar refractivity (Wildman–Crippen MR) is 152 cm³/mol. The van der Waals surface area contributed by atoms with E-state index in [-0.39, 0.29) is 24.0 Å². The summed E-state index contributed by atoms with van der Waals surface area (Å²) in [5.74, 6) is 1.18. The number of carbonyl (C=O) groups is 1. The molecule has 0 unspecified atom stereocenters. The molecule has 6 rings (SSSR count). The third-order valence-electron chi connectivity index (χ3n) is 8.92. The number of rotatable bonds is 7. The molecule has 10 heteroatoms. The van der Waals surface area contributed by atoms with Crippen LogP contribution in [0.4, 0.5) is 10.2 Å². The summed E-state index contributed by atoms with van der Waals surface area (Å²) in [5, 5.41) is 5.35. The van der Waals surface area contributed by atoms with Crippen molar-refractivity contribution in [1.82, 2.24) is 29.5 Å². The first-order chi connectivity index (χ1) is 19.6. The molecule has 2 aromatic heterocycles. The molecule has 1 aromatic carbocycles. The lowest BCUT2D eigenvalue weighted by Gasteiger charge is -2.41. The van der Waals surface area contributed by atoms with Crippen molar-refractivity contribution in [2.45, 2.75) is 64.5 Å². The maximum absolute atomic E-state index is 14.9. The Morgan fingerprint density at radius 3 is 2.52 bits per heavy atom. The standard InChI is InChI=1S/C30H40FN7O2/c1-2-40-26-8-6-7-23(27(26)31)20-38-29-25(19-34-38)28(32-21-33-29)36-15-17-37(18-16-36)30(39)22-9-11-24(12-10-22)35-13-4-3-5-14-35/h6-8,19,21-22,24H,2-5,9-18,20H2,1H3/t22-,24-. The lowest BCUT2D eigenvalue weighted by Crippen LogP contribution is -2.51. The van der Waals surface area contributed by atoms with E-state index in [1.165, 1.54) is 32.4 Å². The molecule has 4 heterocycles. The summed E-state index contributed by atoms with van der Waals surface area (Å²) in [4.78, 5) is 29.4. The summed E-state index contributed by atoms with van der Waals surface area (Å²) >= 11 is 0. The van der Waals surface area contributed by atoms with Gasteiger partial charge in [0.25, 0.3) is 0 Å². The summed E-state index contributed by atoms with van der Waals surface area (Å²) < 4.78 is 22.0. The quantitative estimate of drug-likeness (QED) is 0.439. The van der Waals surface area contributed by atoms with Gasteiger partial charge in [0.2, 0.25) is 5.91 Å². The topological polar surface area (TPSA) is 79.6 Å². The molecule has 0 spiro atoms. The fourth-order valence-electron chi connectivity index (χ4n) is 6.72. The number of benzene rings is 1. The van der Waals surface area contributed by atoms with E-state index in [0.29, 0.717) is 42.9 Å². The van der Waals surface area contributed by atoms with Gasteiger partial charge in [0, 0.05) is 43.7 Å². The van der Waals surface area contributed by atoms with Crippen LogP contribution in [0.3, 0.4) is 0 Å². The van der Waals surface area contributed by atoms with E-state index in [4.69, 9.17) is 4.74 Å². The third-order valence-corrected chi connectivity index (χ3v) is 8.92.